The van der Waals surface area contributed by atoms with E-state index in [1.54, 1.807) is 25.2 Å². The van der Waals surface area contributed by atoms with E-state index in [4.69, 9.17) is 9.47 Å². The minimum absolute atomic E-state index is 0.0173. The lowest BCUT2D eigenvalue weighted by Crippen LogP contribution is -2.38. The van der Waals surface area contributed by atoms with Gasteiger partial charge in [-0.1, -0.05) is 6.07 Å². The van der Waals surface area contributed by atoms with Gasteiger partial charge in [-0.25, -0.2) is 0 Å². The van der Waals surface area contributed by atoms with Crippen LogP contribution in [0.1, 0.15) is 40.2 Å². The fourth-order valence-electron chi connectivity index (χ4n) is 4.03. The SMILES string of the molecule is COc1ccc(CC(=O)N2CCc3[nH]nc(C(=O)N4CCCC4)c3C2)cc1OC. The topological polar surface area (TPSA) is 87.8 Å². The first kappa shape index (κ1) is 19.3. The first-order valence-corrected chi connectivity index (χ1v) is 9.94. The van der Waals surface area contributed by atoms with E-state index in [2.05, 4.69) is 10.2 Å². The van der Waals surface area contributed by atoms with Gasteiger partial charge >= 0.3 is 0 Å². The molecule has 0 bridgehead atoms. The molecule has 1 aromatic carbocycles. The van der Waals surface area contributed by atoms with Crippen LogP contribution in [0.3, 0.4) is 0 Å². The van der Waals surface area contributed by atoms with Crippen molar-refractivity contribution in [2.24, 2.45) is 0 Å². The average molecular weight is 398 g/mol. The van der Waals surface area contributed by atoms with Crippen LogP contribution in [0.2, 0.25) is 0 Å². The second-order valence-electron chi connectivity index (χ2n) is 7.46. The first-order chi connectivity index (χ1) is 14.1. The maximum atomic E-state index is 12.9. The minimum atomic E-state index is -0.0332. The van der Waals surface area contributed by atoms with Crippen molar-refractivity contribution < 1.29 is 19.1 Å². The molecule has 4 rings (SSSR count). The van der Waals surface area contributed by atoms with Crippen molar-refractivity contribution in [3.8, 4) is 11.5 Å². The molecule has 2 amide bonds. The Bertz CT molecular complexity index is 917. The molecule has 0 radical (unpaired) electrons. The van der Waals surface area contributed by atoms with Crippen LogP contribution in [-0.2, 0) is 24.2 Å². The summed E-state index contributed by atoms with van der Waals surface area (Å²) < 4.78 is 10.6. The molecule has 0 spiro atoms. The Hall–Kier alpha value is -3.03. The quantitative estimate of drug-likeness (QED) is 0.830. The molecule has 2 aromatic rings. The van der Waals surface area contributed by atoms with Gasteiger partial charge in [0.25, 0.3) is 5.91 Å². The highest BCUT2D eigenvalue weighted by molar-refractivity contribution is 5.94. The zero-order chi connectivity index (χ0) is 20.4. The van der Waals surface area contributed by atoms with Gasteiger partial charge in [-0.3, -0.25) is 14.7 Å². The van der Waals surface area contributed by atoms with Gasteiger partial charge in [-0.2, -0.15) is 5.10 Å². The van der Waals surface area contributed by atoms with Gasteiger partial charge in [0.2, 0.25) is 5.91 Å². The zero-order valence-corrected chi connectivity index (χ0v) is 16.9. The largest absolute Gasteiger partial charge is 0.493 e. The molecule has 1 aromatic heterocycles. The number of aromatic nitrogens is 2. The number of likely N-dealkylation sites (tertiary alicyclic amines) is 1. The van der Waals surface area contributed by atoms with Gasteiger partial charge in [-0.15, -0.1) is 0 Å². The number of carbonyl (C=O) groups excluding carboxylic acids is 2. The van der Waals surface area contributed by atoms with E-state index < -0.39 is 0 Å². The van der Waals surface area contributed by atoms with E-state index in [0.29, 0.717) is 36.7 Å². The molecule has 0 aliphatic carbocycles. The number of hydrogen-bond acceptors (Lipinski definition) is 5. The Balaban J connectivity index is 1.47. The molecule has 1 fully saturated rings. The molecular formula is C21H26N4O4. The number of rotatable bonds is 5. The first-order valence-electron chi connectivity index (χ1n) is 9.94. The number of H-pyrrole nitrogens is 1. The predicted octanol–water partition coefficient (Wildman–Crippen LogP) is 1.79. The van der Waals surface area contributed by atoms with Crippen molar-refractivity contribution >= 4 is 11.8 Å². The van der Waals surface area contributed by atoms with Gasteiger partial charge < -0.3 is 19.3 Å². The fraction of sp³-hybridized carbons (Fsp3) is 0.476. The van der Waals surface area contributed by atoms with Gasteiger partial charge in [0.1, 0.15) is 0 Å². The van der Waals surface area contributed by atoms with Crippen LogP contribution in [0, 0.1) is 0 Å². The van der Waals surface area contributed by atoms with Crippen molar-refractivity contribution in [1.29, 1.82) is 0 Å². The summed E-state index contributed by atoms with van der Waals surface area (Å²) in [6.45, 7) is 2.58. The number of carbonyl (C=O) groups is 2. The van der Waals surface area contributed by atoms with Crippen molar-refractivity contribution in [2.75, 3.05) is 33.9 Å². The van der Waals surface area contributed by atoms with Gasteiger partial charge in [0.15, 0.2) is 17.2 Å². The number of nitrogens with one attached hydrogen (secondary N) is 1. The molecule has 3 heterocycles. The molecule has 8 nitrogen and oxygen atoms in total. The van der Waals surface area contributed by atoms with Crippen molar-refractivity contribution in [3.63, 3.8) is 0 Å². The van der Waals surface area contributed by atoms with Crippen LogP contribution >= 0.6 is 0 Å². The molecule has 2 aliphatic heterocycles. The van der Waals surface area contributed by atoms with Crippen LogP contribution in [-0.4, -0.2) is 65.7 Å². The van der Waals surface area contributed by atoms with Crippen LogP contribution in [0.15, 0.2) is 18.2 Å². The summed E-state index contributed by atoms with van der Waals surface area (Å²) in [6.07, 6.45) is 3.01. The molecule has 1 N–H and O–H groups in total. The molecule has 2 aliphatic rings. The third kappa shape index (κ3) is 3.79. The Morgan fingerprint density at radius 3 is 2.55 bits per heavy atom. The summed E-state index contributed by atoms with van der Waals surface area (Å²) >= 11 is 0. The van der Waals surface area contributed by atoms with Crippen molar-refractivity contribution in [3.05, 3.63) is 40.7 Å². The van der Waals surface area contributed by atoms with Gasteiger partial charge in [-0.05, 0) is 30.5 Å². The molecule has 0 atom stereocenters. The van der Waals surface area contributed by atoms with Crippen LogP contribution in [0.5, 0.6) is 11.5 Å². The van der Waals surface area contributed by atoms with Crippen LogP contribution < -0.4 is 9.47 Å². The third-order valence-electron chi connectivity index (χ3n) is 5.69. The number of methoxy groups -OCH3 is 2. The normalized spacial score (nSPS) is 15.9. The Kier molecular flexibility index (Phi) is 5.42. The molecule has 154 valence electrons. The van der Waals surface area contributed by atoms with E-state index >= 15 is 0 Å². The van der Waals surface area contributed by atoms with Gasteiger partial charge in [0, 0.05) is 43.9 Å². The highest BCUT2D eigenvalue weighted by Crippen LogP contribution is 2.28. The lowest BCUT2D eigenvalue weighted by atomic mass is 10.0. The van der Waals surface area contributed by atoms with Crippen LogP contribution in [0.25, 0.3) is 0 Å². The average Bonchev–Trinajstić information content (AvgIpc) is 3.42. The number of hydrogen-bond donors (Lipinski definition) is 1. The number of benzene rings is 1. The van der Waals surface area contributed by atoms with E-state index in [1.165, 1.54) is 0 Å². The van der Waals surface area contributed by atoms with Crippen LogP contribution in [0.4, 0.5) is 0 Å². The Morgan fingerprint density at radius 1 is 1.07 bits per heavy atom. The standard InChI is InChI=1S/C21H26N4O4/c1-28-17-6-5-14(11-18(17)29-2)12-19(26)25-10-7-16-15(13-25)20(23-22-16)21(27)24-8-3-4-9-24/h5-6,11H,3-4,7-10,12-13H2,1-2H3,(H,22,23). The minimum Gasteiger partial charge on any atom is -0.493 e. The highest BCUT2D eigenvalue weighted by Gasteiger charge is 2.30. The smallest absolute Gasteiger partial charge is 0.274 e. The molecule has 29 heavy (non-hydrogen) atoms. The number of ether oxygens (including phenoxy) is 2. The summed E-state index contributed by atoms with van der Waals surface area (Å²) in [5.41, 5.74) is 3.14. The summed E-state index contributed by atoms with van der Waals surface area (Å²) in [5.74, 6) is 1.22. The summed E-state index contributed by atoms with van der Waals surface area (Å²) in [6, 6.07) is 5.50. The number of amides is 2. The van der Waals surface area contributed by atoms with E-state index in [9.17, 15) is 9.59 Å². The fourth-order valence-corrected chi connectivity index (χ4v) is 4.03. The van der Waals surface area contributed by atoms with Crippen molar-refractivity contribution in [1.82, 2.24) is 20.0 Å². The zero-order valence-electron chi connectivity index (χ0n) is 16.9. The number of nitrogens with zero attached hydrogens (tertiary/aromatic N) is 3. The van der Waals surface area contributed by atoms with E-state index in [0.717, 1.165) is 42.8 Å². The summed E-state index contributed by atoms with van der Waals surface area (Å²) in [7, 11) is 3.16. The highest BCUT2D eigenvalue weighted by atomic mass is 16.5. The van der Waals surface area contributed by atoms with E-state index in [-0.39, 0.29) is 18.2 Å². The second-order valence-corrected chi connectivity index (χ2v) is 7.46. The van der Waals surface area contributed by atoms with Crippen molar-refractivity contribution in [2.45, 2.75) is 32.2 Å². The maximum absolute atomic E-state index is 12.9. The molecule has 0 unspecified atom stereocenters. The lowest BCUT2D eigenvalue weighted by molar-refractivity contribution is -0.131. The van der Waals surface area contributed by atoms with E-state index in [1.807, 2.05) is 17.0 Å². The summed E-state index contributed by atoms with van der Waals surface area (Å²) in [4.78, 5) is 29.4. The third-order valence-corrected chi connectivity index (χ3v) is 5.69. The molecule has 0 saturated carbocycles. The Labute approximate surface area is 169 Å². The molecule has 1 saturated heterocycles. The molecule has 8 heteroatoms. The van der Waals surface area contributed by atoms with Gasteiger partial charge in [0.05, 0.1) is 20.6 Å². The maximum Gasteiger partial charge on any atom is 0.274 e. The monoisotopic (exact) mass is 398 g/mol. The predicted molar refractivity (Wildman–Crippen MR) is 106 cm³/mol. The number of fused-ring (bicyclic) bond motifs is 1. The Morgan fingerprint density at radius 2 is 1.83 bits per heavy atom. The summed E-state index contributed by atoms with van der Waals surface area (Å²) in [5, 5.41) is 7.28. The molecular weight excluding hydrogens is 372 g/mol. The number of aromatic amines is 1. The second kappa shape index (κ2) is 8.14. The lowest BCUT2D eigenvalue weighted by Gasteiger charge is -2.27.